The van der Waals surface area contributed by atoms with Crippen molar-refractivity contribution in [3.63, 3.8) is 0 Å². The number of aliphatic hydroxyl groups is 1. The van der Waals surface area contributed by atoms with Gasteiger partial charge in [-0.2, -0.15) is 4.39 Å². The minimum atomic E-state index is -0.878. The van der Waals surface area contributed by atoms with Gasteiger partial charge in [0.2, 0.25) is 5.91 Å². The van der Waals surface area contributed by atoms with Gasteiger partial charge in [-0.25, -0.2) is 9.78 Å². The fourth-order valence-electron chi connectivity index (χ4n) is 2.09. The molecule has 2 N–H and O–H groups in total. The molecule has 2 rings (SSSR count). The Hall–Kier alpha value is -1.74. The summed E-state index contributed by atoms with van der Waals surface area (Å²) < 4.78 is 18.1. The van der Waals surface area contributed by atoms with Crippen molar-refractivity contribution in [2.75, 3.05) is 11.9 Å². The summed E-state index contributed by atoms with van der Waals surface area (Å²) in [6.07, 6.45) is -0.389. The summed E-state index contributed by atoms with van der Waals surface area (Å²) in [5.41, 5.74) is -0.704. The number of hydrogen-bond acceptors (Lipinski definition) is 6. The Morgan fingerprint density at radius 2 is 2.23 bits per heavy atom. The Bertz CT molecular complexity index is 572. The quantitative estimate of drug-likeness (QED) is 0.859. The zero-order valence-corrected chi connectivity index (χ0v) is 13.3. The molecule has 0 bridgehead atoms. The topological polar surface area (TPSA) is 91.8 Å². The highest BCUT2D eigenvalue weighted by atomic mass is 32.1. The number of β-amino-alcohol motifs (C(OH)–C–C–N with tert-alkyl or cyclic N) is 1. The lowest BCUT2D eigenvalue weighted by Gasteiger charge is -2.27. The molecule has 22 heavy (non-hydrogen) atoms. The smallest absolute Gasteiger partial charge is 0.411 e. The second-order valence-electron chi connectivity index (χ2n) is 6.00. The minimum Gasteiger partial charge on any atom is -0.444 e. The summed E-state index contributed by atoms with van der Waals surface area (Å²) in [6.45, 7) is 5.15. The molecule has 2 unspecified atom stereocenters. The molecule has 0 saturated carbocycles. The van der Waals surface area contributed by atoms with Crippen molar-refractivity contribution in [2.45, 2.75) is 44.9 Å². The third kappa shape index (κ3) is 4.14. The predicted octanol–water partition coefficient (Wildman–Crippen LogP) is 1.59. The number of rotatable bonds is 2. The maximum Gasteiger partial charge on any atom is 0.411 e. The van der Waals surface area contributed by atoms with E-state index in [1.165, 1.54) is 4.90 Å². The minimum absolute atomic E-state index is 0.0131. The second kappa shape index (κ2) is 6.17. The number of carbonyl (C=O) groups is 2. The van der Waals surface area contributed by atoms with Crippen LogP contribution in [0.25, 0.3) is 0 Å². The molecule has 2 atom stereocenters. The maximum absolute atomic E-state index is 12.9. The third-order valence-corrected chi connectivity index (χ3v) is 3.62. The van der Waals surface area contributed by atoms with Gasteiger partial charge in [0.05, 0.1) is 18.8 Å². The highest BCUT2D eigenvalue weighted by Gasteiger charge is 2.41. The maximum atomic E-state index is 12.9. The van der Waals surface area contributed by atoms with E-state index in [0.29, 0.717) is 11.3 Å². The molecular weight excluding hydrogens is 313 g/mol. The summed E-state index contributed by atoms with van der Waals surface area (Å²) in [5.74, 6) is -0.531. The highest BCUT2D eigenvalue weighted by Crippen LogP contribution is 2.23. The van der Waals surface area contributed by atoms with Gasteiger partial charge in [-0.3, -0.25) is 9.69 Å². The Morgan fingerprint density at radius 1 is 1.55 bits per heavy atom. The van der Waals surface area contributed by atoms with Crippen molar-refractivity contribution in [3.8, 4) is 0 Å². The number of anilines is 1. The number of carbonyl (C=O) groups excluding carboxylic acids is 2. The van der Waals surface area contributed by atoms with Gasteiger partial charge in [0, 0.05) is 6.42 Å². The summed E-state index contributed by atoms with van der Waals surface area (Å²) in [4.78, 5) is 29.2. The summed E-state index contributed by atoms with van der Waals surface area (Å²) in [6, 6.07) is -0.878. The first-order chi connectivity index (χ1) is 10.2. The molecule has 7 nitrogen and oxygen atoms in total. The molecule has 0 radical (unpaired) electrons. The molecule has 2 amide bonds. The Labute approximate surface area is 131 Å². The normalized spacial score (nSPS) is 21.8. The van der Waals surface area contributed by atoms with E-state index in [0.717, 1.165) is 6.20 Å². The van der Waals surface area contributed by atoms with E-state index < -0.39 is 34.9 Å². The predicted molar refractivity (Wildman–Crippen MR) is 78.1 cm³/mol. The number of thiazole rings is 1. The number of nitrogens with one attached hydrogen (secondary N) is 1. The molecule has 1 saturated heterocycles. The SMILES string of the molecule is CC(C)(C)OC(=O)N1CC(O)CC1C(=O)Nc1ncc(F)s1. The van der Waals surface area contributed by atoms with Crippen LogP contribution in [0.15, 0.2) is 6.20 Å². The molecule has 1 aliphatic heterocycles. The Kier molecular flexibility index (Phi) is 4.66. The number of aromatic nitrogens is 1. The van der Waals surface area contributed by atoms with Gasteiger partial charge >= 0.3 is 6.09 Å². The number of amides is 2. The van der Waals surface area contributed by atoms with Crippen LogP contribution in [0.4, 0.5) is 14.3 Å². The van der Waals surface area contributed by atoms with Gasteiger partial charge in [0.15, 0.2) is 10.3 Å². The van der Waals surface area contributed by atoms with E-state index in [-0.39, 0.29) is 18.1 Å². The number of aliphatic hydroxyl groups excluding tert-OH is 1. The van der Waals surface area contributed by atoms with Crippen molar-refractivity contribution in [1.29, 1.82) is 0 Å². The number of ether oxygens (including phenoxy) is 1. The largest absolute Gasteiger partial charge is 0.444 e. The van der Waals surface area contributed by atoms with E-state index in [2.05, 4.69) is 10.3 Å². The molecule has 0 aromatic carbocycles. The first-order valence-electron chi connectivity index (χ1n) is 6.75. The van der Waals surface area contributed by atoms with Gasteiger partial charge in [0.1, 0.15) is 11.6 Å². The molecule has 0 aliphatic carbocycles. The van der Waals surface area contributed by atoms with Crippen molar-refractivity contribution in [1.82, 2.24) is 9.88 Å². The zero-order chi connectivity index (χ0) is 16.5. The van der Waals surface area contributed by atoms with E-state index >= 15 is 0 Å². The molecule has 1 aromatic rings. The van der Waals surface area contributed by atoms with Crippen LogP contribution in [0.5, 0.6) is 0 Å². The number of halogens is 1. The molecule has 0 spiro atoms. The van der Waals surface area contributed by atoms with Crippen molar-refractivity contribution in [3.05, 3.63) is 11.3 Å². The van der Waals surface area contributed by atoms with E-state index in [1.807, 2.05) is 0 Å². The molecular formula is C13H18FN3O4S. The summed E-state index contributed by atoms with van der Waals surface area (Å²) in [5, 5.41) is 11.8. The fraction of sp³-hybridized carbons (Fsp3) is 0.615. The lowest BCUT2D eigenvalue weighted by atomic mass is 10.2. The van der Waals surface area contributed by atoms with E-state index in [9.17, 15) is 19.1 Å². The van der Waals surface area contributed by atoms with Crippen molar-refractivity contribution in [2.24, 2.45) is 0 Å². The zero-order valence-electron chi connectivity index (χ0n) is 12.5. The summed E-state index contributed by atoms with van der Waals surface area (Å²) >= 11 is 0.688. The number of likely N-dealkylation sites (tertiary alicyclic amines) is 1. The lowest BCUT2D eigenvalue weighted by Crippen LogP contribution is -2.45. The van der Waals surface area contributed by atoms with E-state index in [4.69, 9.17) is 4.74 Å². The average molecular weight is 331 g/mol. The second-order valence-corrected chi connectivity index (χ2v) is 6.98. The van der Waals surface area contributed by atoms with Gasteiger partial charge < -0.3 is 15.2 Å². The van der Waals surface area contributed by atoms with Gasteiger partial charge in [-0.05, 0) is 20.8 Å². The van der Waals surface area contributed by atoms with Crippen molar-refractivity contribution >= 4 is 28.5 Å². The molecule has 9 heteroatoms. The van der Waals surface area contributed by atoms with Crippen LogP contribution >= 0.6 is 11.3 Å². The summed E-state index contributed by atoms with van der Waals surface area (Å²) in [7, 11) is 0. The first kappa shape index (κ1) is 16.6. The molecule has 1 aliphatic rings. The molecule has 122 valence electrons. The van der Waals surface area contributed by atoms with Crippen LogP contribution in [0, 0.1) is 5.13 Å². The van der Waals surface area contributed by atoms with Crippen LogP contribution < -0.4 is 5.32 Å². The standard InChI is InChI=1S/C13H18FN3O4S/c1-13(2,3)21-12(20)17-6-7(18)4-8(17)10(19)16-11-15-5-9(14)22-11/h5,7-8,18H,4,6H2,1-3H3,(H,15,16,19). The monoisotopic (exact) mass is 331 g/mol. The van der Waals surface area contributed by atoms with Crippen LogP contribution in [0.3, 0.4) is 0 Å². The van der Waals surface area contributed by atoms with Crippen LogP contribution in [0.1, 0.15) is 27.2 Å². The number of nitrogens with zero attached hydrogens (tertiary/aromatic N) is 2. The van der Waals surface area contributed by atoms with Gasteiger partial charge in [-0.15, -0.1) is 0 Å². The highest BCUT2D eigenvalue weighted by molar-refractivity contribution is 7.14. The Morgan fingerprint density at radius 3 is 2.77 bits per heavy atom. The number of hydrogen-bond donors (Lipinski definition) is 2. The van der Waals surface area contributed by atoms with Crippen LogP contribution in [-0.4, -0.2) is 51.3 Å². The molecule has 1 fully saturated rings. The Balaban J connectivity index is 2.06. The van der Waals surface area contributed by atoms with Gasteiger partial charge in [0.25, 0.3) is 0 Å². The first-order valence-corrected chi connectivity index (χ1v) is 7.57. The lowest BCUT2D eigenvalue weighted by molar-refractivity contribution is -0.120. The fourth-order valence-corrected chi connectivity index (χ4v) is 2.63. The van der Waals surface area contributed by atoms with Crippen LogP contribution in [0.2, 0.25) is 0 Å². The molecule has 1 aromatic heterocycles. The van der Waals surface area contributed by atoms with Crippen LogP contribution in [-0.2, 0) is 9.53 Å². The van der Waals surface area contributed by atoms with Gasteiger partial charge in [-0.1, -0.05) is 11.3 Å². The molecule has 2 heterocycles. The third-order valence-electron chi connectivity index (χ3n) is 2.92. The van der Waals surface area contributed by atoms with E-state index in [1.54, 1.807) is 20.8 Å². The average Bonchev–Trinajstić information content (AvgIpc) is 2.93. The van der Waals surface area contributed by atoms with Crippen molar-refractivity contribution < 1.29 is 23.8 Å².